The molecule has 0 amide bonds. The molecule has 0 aromatic heterocycles. The van der Waals surface area contributed by atoms with Crippen molar-refractivity contribution < 1.29 is 28.6 Å². The van der Waals surface area contributed by atoms with Crippen molar-refractivity contribution in [3.05, 3.63) is 134 Å². The third-order valence-corrected chi connectivity index (χ3v) is 9.98. The smallest absolute Gasteiger partial charge is 0.306 e. The number of hydrogen-bond acceptors (Lipinski definition) is 6. The number of rotatable bonds is 43. The highest BCUT2D eigenvalue weighted by Gasteiger charge is 2.19. The maximum atomic E-state index is 12.8. The van der Waals surface area contributed by atoms with Crippen LogP contribution < -0.4 is 0 Å². The molecule has 0 rings (SSSR count). The maximum absolute atomic E-state index is 12.8. The monoisotopic (exact) mass is 883 g/mol. The zero-order valence-electron chi connectivity index (χ0n) is 40.7. The van der Waals surface area contributed by atoms with E-state index in [1.165, 1.54) is 44.9 Å². The Hall–Kier alpha value is -4.45. The van der Waals surface area contributed by atoms with Gasteiger partial charge in [-0.3, -0.25) is 14.4 Å². The molecule has 0 spiro atoms. The predicted octanol–water partition coefficient (Wildman–Crippen LogP) is 16.7. The van der Waals surface area contributed by atoms with Crippen LogP contribution in [0.1, 0.15) is 194 Å². The van der Waals surface area contributed by atoms with E-state index in [0.717, 1.165) is 103 Å². The summed E-state index contributed by atoms with van der Waals surface area (Å²) in [5.74, 6) is -1.05. The summed E-state index contributed by atoms with van der Waals surface area (Å²) in [7, 11) is 0. The van der Waals surface area contributed by atoms with Crippen molar-refractivity contribution in [3.8, 4) is 0 Å². The zero-order chi connectivity index (χ0) is 46.5. The number of carbonyl (C=O) groups is 3. The largest absolute Gasteiger partial charge is 0.462 e. The number of esters is 3. The van der Waals surface area contributed by atoms with Crippen LogP contribution in [-0.2, 0) is 28.6 Å². The molecule has 1 atom stereocenters. The summed E-state index contributed by atoms with van der Waals surface area (Å²) < 4.78 is 16.7. The molecule has 0 aliphatic heterocycles. The fourth-order valence-corrected chi connectivity index (χ4v) is 6.15. The van der Waals surface area contributed by atoms with Crippen LogP contribution in [0.3, 0.4) is 0 Å². The summed E-state index contributed by atoms with van der Waals surface area (Å²) in [6, 6.07) is 0. The van der Waals surface area contributed by atoms with Crippen LogP contribution in [0.2, 0.25) is 0 Å². The Labute approximate surface area is 392 Å². The second-order valence-corrected chi connectivity index (χ2v) is 16.2. The van der Waals surface area contributed by atoms with Crippen molar-refractivity contribution in [2.45, 2.75) is 200 Å². The summed E-state index contributed by atoms with van der Waals surface area (Å²) in [6.45, 7) is 6.35. The third kappa shape index (κ3) is 48.6. The van der Waals surface area contributed by atoms with Gasteiger partial charge in [-0.1, -0.05) is 212 Å². The van der Waals surface area contributed by atoms with Crippen LogP contribution in [0.25, 0.3) is 0 Å². The Morgan fingerprint density at radius 1 is 0.328 bits per heavy atom. The zero-order valence-corrected chi connectivity index (χ0v) is 40.7. The van der Waals surface area contributed by atoms with E-state index < -0.39 is 6.10 Å². The lowest BCUT2D eigenvalue weighted by molar-refractivity contribution is -0.167. The third-order valence-electron chi connectivity index (χ3n) is 9.98. The molecule has 64 heavy (non-hydrogen) atoms. The molecule has 6 nitrogen and oxygen atoms in total. The average molecular weight is 883 g/mol. The van der Waals surface area contributed by atoms with Crippen molar-refractivity contribution in [1.29, 1.82) is 0 Å². The van der Waals surface area contributed by atoms with Crippen molar-refractivity contribution in [1.82, 2.24) is 0 Å². The van der Waals surface area contributed by atoms with Crippen molar-refractivity contribution in [3.63, 3.8) is 0 Å². The van der Waals surface area contributed by atoms with Gasteiger partial charge in [-0.25, -0.2) is 0 Å². The SMILES string of the molecule is CCC\C=C/C=C\C=C/C=C\C=C/CCCCCCCC(=O)OCC(COC(=O)CCCCC/C=C\C=C/CCCC)OC(=O)CCC/C=C\C/C=C\C/C=C\C/C=C\CCCCC. The molecule has 0 saturated carbocycles. The second kappa shape index (κ2) is 51.2. The molecule has 358 valence electrons. The number of hydrogen-bond donors (Lipinski definition) is 0. The van der Waals surface area contributed by atoms with Gasteiger partial charge >= 0.3 is 17.9 Å². The van der Waals surface area contributed by atoms with Gasteiger partial charge in [0, 0.05) is 19.3 Å². The molecule has 0 aromatic carbocycles. The first-order valence-electron chi connectivity index (χ1n) is 25.3. The molecular weight excluding hydrogens is 793 g/mol. The first-order valence-corrected chi connectivity index (χ1v) is 25.3. The lowest BCUT2D eigenvalue weighted by atomic mass is 10.1. The fraction of sp³-hybridized carbons (Fsp3) is 0.569. The maximum Gasteiger partial charge on any atom is 0.306 e. The van der Waals surface area contributed by atoms with Crippen molar-refractivity contribution in [2.24, 2.45) is 0 Å². The Morgan fingerprint density at radius 2 is 0.688 bits per heavy atom. The molecule has 0 aliphatic carbocycles. The highest BCUT2D eigenvalue weighted by Crippen LogP contribution is 2.11. The molecule has 0 aromatic rings. The normalized spacial score (nSPS) is 13.2. The van der Waals surface area contributed by atoms with E-state index in [-0.39, 0.29) is 37.5 Å². The first kappa shape index (κ1) is 59.5. The van der Waals surface area contributed by atoms with Gasteiger partial charge in [0.05, 0.1) is 0 Å². The summed E-state index contributed by atoms with van der Waals surface area (Å²) in [5.41, 5.74) is 0. The van der Waals surface area contributed by atoms with Crippen LogP contribution in [0.4, 0.5) is 0 Å². The Balaban J connectivity index is 4.58. The van der Waals surface area contributed by atoms with E-state index in [1.54, 1.807) is 0 Å². The lowest BCUT2D eigenvalue weighted by Gasteiger charge is -2.18. The summed E-state index contributed by atoms with van der Waals surface area (Å²) in [4.78, 5) is 37.9. The number of unbranched alkanes of at least 4 members (excludes halogenated alkanes) is 15. The predicted molar refractivity (Wildman–Crippen MR) is 274 cm³/mol. The molecule has 0 saturated heterocycles. The molecule has 0 aliphatic rings. The minimum Gasteiger partial charge on any atom is -0.462 e. The topological polar surface area (TPSA) is 78.9 Å². The van der Waals surface area contributed by atoms with Gasteiger partial charge in [-0.05, 0) is 96.3 Å². The molecular formula is C58H90O6. The molecule has 0 fully saturated rings. The van der Waals surface area contributed by atoms with E-state index in [9.17, 15) is 14.4 Å². The molecule has 0 N–H and O–H groups in total. The van der Waals surface area contributed by atoms with Crippen LogP contribution in [0, 0.1) is 0 Å². The highest BCUT2D eigenvalue weighted by atomic mass is 16.6. The Bertz CT molecular complexity index is 1430. The molecule has 0 bridgehead atoms. The number of ether oxygens (including phenoxy) is 3. The van der Waals surface area contributed by atoms with Gasteiger partial charge in [0.15, 0.2) is 6.10 Å². The van der Waals surface area contributed by atoms with E-state index in [0.29, 0.717) is 19.3 Å². The highest BCUT2D eigenvalue weighted by molar-refractivity contribution is 5.71. The van der Waals surface area contributed by atoms with Crippen LogP contribution in [0.5, 0.6) is 0 Å². The summed E-state index contributed by atoms with van der Waals surface area (Å²) in [5, 5.41) is 0. The van der Waals surface area contributed by atoms with E-state index >= 15 is 0 Å². The second-order valence-electron chi connectivity index (χ2n) is 16.2. The molecule has 6 heteroatoms. The van der Waals surface area contributed by atoms with Gasteiger partial charge in [-0.2, -0.15) is 0 Å². The lowest BCUT2D eigenvalue weighted by Crippen LogP contribution is -2.30. The van der Waals surface area contributed by atoms with Crippen molar-refractivity contribution in [2.75, 3.05) is 13.2 Å². The van der Waals surface area contributed by atoms with Crippen LogP contribution in [-0.4, -0.2) is 37.2 Å². The Kier molecular flexibility index (Phi) is 47.6. The summed E-state index contributed by atoms with van der Waals surface area (Å²) >= 11 is 0. The minimum absolute atomic E-state index is 0.127. The first-order chi connectivity index (χ1) is 31.5. The summed E-state index contributed by atoms with van der Waals surface area (Å²) in [6.07, 6.45) is 71.5. The number of carbonyl (C=O) groups excluding carboxylic acids is 3. The standard InChI is InChI=1S/C58H90O6/c1-4-7-10-13-16-19-22-24-26-28-30-31-33-36-39-42-45-48-51-57(60)63-54-55(53-62-56(59)50-47-44-41-38-35-21-18-15-12-9-6-3)64-58(61)52-49-46-43-40-37-34-32-29-27-25-23-20-17-14-11-8-5-2/h10,13,15-22,24-28,30-32,34-35,40,43,55H,4-9,11-12,14,23,29,33,36-39,41-42,44-54H2,1-3H3/b13-10-,18-15-,19-16-,20-17-,24-22-,27-25-,28-26-,31-30-,34-32-,35-21-,43-40-. The van der Waals surface area contributed by atoms with Gasteiger partial charge < -0.3 is 14.2 Å². The average Bonchev–Trinajstić information content (AvgIpc) is 3.29. The quantitative estimate of drug-likeness (QED) is 0.0200. The van der Waals surface area contributed by atoms with Crippen LogP contribution in [0.15, 0.2) is 134 Å². The molecule has 0 heterocycles. The van der Waals surface area contributed by atoms with Crippen molar-refractivity contribution >= 4 is 17.9 Å². The Morgan fingerprint density at radius 3 is 1.20 bits per heavy atom. The van der Waals surface area contributed by atoms with Gasteiger partial charge in [0.1, 0.15) is 13.2 Å². The van der Waals surface area contributed by atoms with Gasteiger partial charge in [-0.15, -0.1) is 0 Å². The number of allylic oxidation sites excluding steroid dienone is 22. The van der Waals surface area contributed by atoms with E-state index in [4.69, 9.17) is 14.2 Å². The van der Waals surface area contributed by atoms with Gasteiger partial charge in [0.2, 0.25) is 0 Å². The van der Waals surface area contributed by atoms with E-state index in [1.807, 2.05) is 36.5 Å². The minimum atomic E-state index is -0.832. The van der Waals surface area contributed by atoms with Gasteiger partial charge in [0.25, 0.3) is 0 Å². The van der Waals surface area contributed by atoms with E-state index in [2.05, 4.69) is 118 Å². The van der Waals surface area contributed by atoms with Crippen LogP contribution >= 0.6 is 0 Å². The molecule has 1 unspecified atom stereocenters. The molecule has 0 radical (unpaired) electrons. The fourth-order valence-electron chi connectivity index (χ4n) is 6.15.